The van der Waals surface area contributed by atoms with Crippen molar-refractivity contribution in [1.29, 1.82) is 0 Å². The van der Waals surface area contributed by atoms with Crippen molar-refractivity contribution in [1.82, 2.24) is 0 Å². The Morgan fingerprint density at radius 2 is 1.86 bits per heavy atom. The van der Waals surface area contributed by atoms with Crippen LogP contribution in [0.1, 0.15) is 0 Å². The van der Waals surface area contributed by atoms with Crippen molar-refractivity contribution < 1.29 is 19.9 Å². The molecule has 0 bridgehead atoms. The minimum absolute atomic E-state index is 0.491. The van der Waals surface area contributed by atoms with Crippen molar-refractivity contribution >= 4 is 8.46 Å². The molecule has 0 spiro atoms. The zero-order chi connectivity index (χ0) is 5.91. The van der Waals surface area contributed by atoms with Crippen LogP contribution in [0.15, 0.2) is 0 Å². The summed E-state index contributed by atoms with van der Waals surface area (Å²) >= 11 is 0. The fourth-order valence-corrected chi connectivity index (χ4v) is 0.260. The summed E-state index contributed by atoms with van der Waals surface area (Å²) in [7, 11) is -0.491. The highest BCUT2D eigenvalue weighted by atomic mass is 31.1. The molecule has 0 rings (SSSR count). The Morgan fingerprint density at radius 1 is 1.43 bits per heavy atom. The molecule has 0 unspecified atom stereocenters. The monoisotopic (exact) mass is 124 g/mol. The maximum Gasteiger partial charge on any atom is 0.286 e. The Labute approximate surface area is 41.6 Å². The molecule has 0 aliphatic carbocycles. The SMILES string of the molecule is O=PCC(O)(O)O. The lowest BCUT2D eigenvalue weighted by atomic mass is 10.7. The summed E-state index contributed by atoms with van der Waals surface area (Å²) in [6, 6.07) is 0. The molecule has 0 aliphatic heterocycles. The molecule has 0 aromatic carbocycles. The van der Waals surface area contributed by atoms with Crippen molar-refractivity contribution in [3.8, 4) is 0 Å². The van der Waals surface area contributed by atoms with Gasteiger partial charge in [0, 0.05) is 0 Å². The number of hydrogen-bond acceptors (Lipinski definition) is 4. The summed E-state index contributed by atoms with van der Waals surface area (Å²) in [5, 5.41) is 23.8. The minimum atomic E-state index is -2.77. The highest BCUT2D eigenvalue weighted by Crippen LogP contribution is 2.01. The van der Waals surface area contributed by atoms with Gasteiger partial charge in [-0.25, -0.2) is 0 Å². The molecule has 0 aromatic heterocycles. The van der Waals surface area contributed by atoms with E-state index in [9.17, 15) is 4.57 Å². The first kappa shape index (κ1) is 6.98. The molecule has 0 saturated carbocycles. The van der Waals surface area contributed by atoms with Crippen LogP contribution in [0.5, 0.6) is 0 Å². The van der Waals surface area contributed by atoms with E-state index in [1.165, 1.54) is 0 Å². The molecular formula is C2H5O4P. The van der Waals surface area contributed by atoms with E-state index >= 15 is 0 Å². The van der Waals surface area contributed by atoms with Crippen LogP contribution < -0.4 is 0 Å². The summed E-state index contributed by atoms with van der Waals surface area (Å²) in [5.41, 5.74) is 0. The third-order valence-electron chi connectivity index (χ3n) is 0.277. The second-order valence-corrected chi connectivity index (χ2v) is 1.64. The van der Waals surface area contributed by atoms with Crippen molar-refractivity contribution in [3.63, 3.8) is 0 Å². The first-order valence-electron chi connectivity index (χ1n) is 1.52. The van der Waals surface area contributed by atoms with Crippen molar-refractivity contribution in [2.45, 2.75) is 5.97 Å². The maximum absolute atomic E-state index is 9.44. The topological polar surface area (TPSA) is 77.8 Å². The largest absolute Gasteiger partial charge is 0.343 e. The van der Waals surface area contributed by atoms with E-state index in [4.69, 9.17) is 15.3 Å². The van der Waals surface area contributed by atoms with Gasteiger partial charge in [-0.2, -0.15) is 0 Å². The van der Waals surface area contributed by atoms with Crippen LogP contribution in [0.2, 0.25) is 0 Å². The fourth-order valence-electron chi connectivity index (χ4n) is 0.0866. The maximum atomic E-state index is 9.44. The van der Waals surface area contributed by atoms with Gasteiger partial charge in [-0.3, -0.25) is 4.57 Å². The molecule has 0 amide bonds. The Bertz CT molecular complexity index is 64.6. The van der Waals surface area contributed by atoms with E-state index in [-0.39, 0.29) is 0 Å². The predicted octanol–water partition coefficient (Wildman–Crippen LogP) is -1.09. The van der Waals surface area contributed by atoms with Crippen LogP contribution in [0.25, 0.3) is 0 Å². The van der Waals surface area contributed by atoms with Crippen LogP contribution in [0.3, 0.4) is 0 Å². The zero-order valence-corrected chi connectivity index (χ0v) is 4.30. The zero-order valence-electron chi connectivity index (χ0n) is 3.40. The molecule has 0 saturated heterocycles. The van der Waals surface area contributed by atoms with Gasteiger partial charge in [-0.1, -0.05) is 0 Å². The van der Waals surface area contributed by atoms with Gasteiger partial charge in [0.15, 0.2) is 8.46 Å². The second-order valence-electron chi connectivity index (χ2n) is 1.06. The molecule has 7 heavy (non-hydrogen) atoms. The third-order valence-corrected chi connectivity index (χ3v) is 0.830. The predicted molar refractivity (Wildman–Crippen MR) is 21.9 cm³/mol. The molecule has 3 N–H and O–H groups in total. The van der Waals surface area contributed by atoms with Gasteiger partial charge in [0.05, 0.1) is 0 Å². The molecule has 0 radical (unpaired) electrons. The lowest BCUT2D eigenvalue weighted by Crippen LogP contribution is -2.28. The third kappa shape index (κ3) is 5.98. The normalized spacial score (nSPS) is 12.4. The molecule has 0 heterocycles. The van der Waals surface area contributed by atoms with Crippen LogP contribution in [-0.4, -0.2) is 27.5 Å². The summed E-state index contributed by atoms with van der Waals surface area (Å²) in [6.45, 7) is 0. The van der Waals surface area contributed by atoms with E-state index in [0.717, 1.165) is 0 Å². The van der Waals surface area contributed by atoms with E-state index in [2.05, 4.69) is 0 Å². The highest BCUT2D eigenvalue weighted by molar-refractivity contribution is 7.23. The number of aliphatic hydroxyl groups is 3. The van der Waals surface area contributed by atoms with Gasteiger partial charge < -0.3 is 15.3 Å². The van der Waals surface area contributed by atoms with Crippen LogP contribution in [0, 0.1) is 0 Å². The smallest absolute Gasteiger partial charge is 0.286 e. The highest BCUT2D eigenvalue weighted by Gasteiger charge is 2.16. The van der Waals surface area contributed by atoms with Crippen LogP contribution >= 0.6 is 8.46 Å². The quantitative estimate of drug-likeness (QED) is 0.323. The number of hydrogen-bond donors (Lipinski definition) is 3. The molecule has 4 nitrogen and oxygen atoms in total. The first-order valence-corrected chi connectivity index (χ1v) is 2.52. The summed E-state index contributed by atoms with van der Waals surface area (Å²) < 4.78 is 9.44. The standard InChI is InChI=1S/C2H5O4P/c3-2(4,5)1-7-6/h3-5H,1H2. The minimum Gasteiger partial charge on any atom is -0.343 e. The van der Waals surface area contributed by atoms with E-state index in [0.29, 0.717) is 0 Å². The van der Waals surface area contributed by atoms with Crippen LogP contribution in [-0.2, 0) is 4.57 Å². The Hall–Kier alpha value is -0.0200. The first-order chi connectivity index (χ1) is 3.06. The van der Waals surface area contributed by atoms with Crippen molar-refractivity contribution in [3.05, 3.63) is 0 Å². The number of rotatable bonds is 2. The van der Waals surface area contributed by atoms with Gasteiger partial charge in [0.1, 0.15) is 6.16 Å². The van der Waals surface area contributed by atoms with Gasteiger partial charge in [0.25, 0.3) is 5.97 Å². The average molecular weight is 124 g/mol. The Kier molecular flexibility index (Phi) is 2.32. The van der Waals surface area contributed by atoms with E-state index in [1.54, 1.807) is 0 Å². The molecule has 42 valence electrons. The fraction of sp³-hybridized carbons (Fsp3) is 1.00. The molecule has 0 aliphatic rings. The molecule has 0 fully saturated rings. The van der Waals surface area contributed by atoms with Crippen LogP contribution in [0.4, 0.5) is 0 Å². The molecular weight excluding hydrogens is 119 g/mol. The summed E-state index contributed by atoms with van der Waals surface area (Å²) in [4.78, 5) is 0. The van der Waals surface area contributed by atoms with Gasteiger partial charge >= 0.3 is 0 Å². The average Bonchev–Trinajstić information content (AvgIpc) is 1.30. The van der Waals surface area contributed by atoms with Gasteiger partial charge in [-0.15, -0.1) is 0 Å². The summed E-state index contributed by atoms with van der Waals surface area (Å²) in [6.07, 6.45) is -0.576. The van der Waals surface area contributed by atoms with Gasteiger partial charge in [0.2, 0.25) is 0 Å². The molecule has 0 atom stereocenters. The van der Waals surface area contributed by atoms with Gasteiger partial charge in [-0.05, 0) is 0 Å². The lowest BCUT2D eigenvalue weighted by molar-refractivity contribution is -0.293. The lowest BCUT2D eigenvalue weighted by Gasteiger charge is -2.06. The summed E-state index contributed by atoms with van der Waals surface area (Å²) in [5.74, 6) is -2.77. The Balaban J connectivity index is 3.34. The Morgan fingerprint density at radius 3 is 1.86 bits per heavy atom. The van der Waals surface area contributed by atoms with Crippen molar-refractivity contribution in [2.75, 3.05) is 6.16 Å². The van der Waals surface area contributed by atoms with Crippen molar-refractivity contribution in [2.24, 2.45) is 0 Å². The molecule has 5 heteroatoms. The van der Waals surface area contributed by atoms with E-state index < -0.39 is 20.6 Å². The molecule has 0 aromatic rings. The van der Waals surface area contributed by atoms with E-state index in [1.807, 2.05) is 0 Å². The second kappa shape index (κ2) is 2.33.